The van der Waals surface area contributed by atoms with Crippen LogP contribution in [0.15, 0.2) is 42.5 Å². The van der Waals surface area contributed by atoms with Gasteiger partial charge in [0.1, 0.15) is 0 Å². The first kappa shape index (κ1) is 13.2. The molecule has 0 aliphatic heterocycles. The predicted octanol–water partition coefficient (Wildman–Crippen LogP) is 2.99. The van der Waals surface area contributed by atoms with E-state index in [4.69, 9.17) is 10.6 Å². The number of nitrogens with one attached hydrogen (secondary N) is 1. The van der Waals surface area contributed by atoms with Gasteiger partial charge in [0.25, 0.3) is 0 Å². The summed E-state index contributed by atoms with van der Waals surface area (Å²) in [6.45, 7) is 0. The third-order valence-electron chi connectivity index (χ3n) is 2.82. The second kappa shape index (κ2) is 5.29. The van der Waals surface area contributed by atoms with E-state index in [0.29, 0.717) is 10.9 Å². The van der Waals surface area contributed by atoms with Crippen molar-refractivity contribution in [1.29, 1.82) is 0 Å². The van der Waals surface area contributed by atoms with Gasteiger partial charge in [-0.25, -0.2) is 15.2 Å². The summed E-state index contributed by atoms with van der Waals surface area (Å²) in [5.41, 5.74) is 2.86. The van der Waals surface area contributed by atoms with Crippen molar-refractivity contribution in [2.45, 2.75) is 0 Å². The molecule has 1 aromatic heterocycles. The van der Waals surface area contributed by atoms with Crippen LogP contribution in [0, 0.1) is 11.6 Å². The number of anilines is 1. The third kappa shape index (κ3) is 2.46. The number of rotatable bonds is 3. The highest BCUT2D eigenvalue weighted by Gasteiger charge is 2.14. The molecule has 0 unspecified atom stereocenters. The summed E-state index contributed by atoms with van der Waals surface area (Å²) in [7, 11) is 0. The number of hydrogen-bond donors (Lipinski definition) is 2. The predicted molar refractivity (Wildman–Crippen MR) is 73.8 cm³/mol. The molecular formula is C14H10F2N4O. The fourth-order valence-corrected chi connectivity index (χ4v) is 1.86. The molecule has 0 saturated carbocycles. The van der Waals surface area contributed by atoms with Crippen LogP contribution in [0.25, 0.3) is 10.9 Å². The van der Waals surface area contributed by atoms with Crippen molar-refractivity contribution in [2.24, 2.45) is 5.84 Å². The van der Waals surface area contributed by atoms with E-state index < -0.39 is 11.6 Å². The lowest BCUT2D eigenvalue weighted by molar-refractivity contribution is 0.409. The van der Waals surface area contributed by atoms with E-state index in [0.717, 1.165) is 6.07 Å². The number of benzene rings is 2. The molecule has 2 aromatic carbocycles. The van der Waals surface area contributed by atoms with Gasteiger partial charge in [-0.15, -0.1) is 0 Å². The number of hydrazine groups is 1. The highest BCUT2D eigenvalue weighted by atomic mass is 19.2. The van der Waals surface area contributed by atoms with E-state index in [9.17, 15) is 8.78 Å². The summed E-state index contributed by atoms with van der Waals surface area (Å²) in [6.07, 6.45) is 0. The maximum Gasteiger partial charge on any atom is 0.241 e. The highest BCUT2D eigenvalue weighted by Crippen LogP contribution is 2.30. The first-order valence-electron chi connectivity index (χ1n) is 6.04. The Morgan fingerprint density at radius 1 is 1.00 bits per heavy atom. The van der Waals surface area contributed by atoms with Crippen molar-refractivity contribution in [2.75, 3.05) is 5.43 Å². The average Bonchev–Trinajstić information content (AvgIpc) is 2.51. The maximum absolute atomic E-state index is 13.7. The second-order valence-electron chi connectivity index (χ2n) is 4.17. The van der Waals surface area contributed by atoms with Crippen molar-refractivity contribution < 1.29 is 13.5 Å². The molecular weight excluding hydrogens is 278 g/mol. The Kier molecular flexibility index (Phi) is 3.33. The van der Waals surface area contributed by atoms with Crippen LogP contribution in [-0.4, -0.2) is 9.97 Å². The maximum atomic E-state index is 13.7. The monoisotopic (exact) mass is 288 g/mol. The van der Waals surface area contributed by atoms with Gasteiger partial charge in [-0.3, -0.25) is 5.43 Å². The molecule has 3 rings (SSSR count). The van der Waals surface area contributed by atoms with Gasteiger partial charge in [0, 0.05) is 0 Å². The molecule has 0 aliphatic rings. The first-order chi connectivity index (χ1) is 10.2. The van der Waals surface area contributed by atoms with Gasteiger partial charge in [0.05, 0.1) is 10.9 Å². The lowest BCUT2D eigenvalue weighted by atomic mass is 10.2. The molecule has 0 saturated heterocycles. The molecule has 1 heterocycles. The largest absolute Gasteiger partial charge is 0.435 e. The molecule has 0 aliphatic carbocycles. The van der Waals surface area contributed by atoms with Crippen molar-refractivity contribution in [3.63, 3.8) is 0 Å². The number of para-hydroxylation sites is 1. The van der Waals surface area contributed by atoms with Crippen molar-refractivity contribution in [3.05, 3.63) is 54.1 Å². The third-order valence-corrected chi connectivity index (χ3v) is 2.82. The number of hydrogen-bond acceptors (Lipinski definition) is 5. The lowest BCUT2D eigenvalue weighted by Crippen LogP contribution is -2.11. The van der Waals surface area contributed by atoms with Gasteiger partial charge < -0.3 is 4.74 Å². The van der Waals surface area contributed by atoms with Crippen LogP contribution < -0.4 is 16.0 Å². The number of nitrogen functional groups attached to an aromatic ring is 1. The van der Waals surface area contributed by atoms with Crippen LogP contribution in [0.4, 0.5) is 14.7 Å². The van der Waals surface area contributed by atoms with E-state index in [1.807, 2.05) is 0 Å². The number of nitrogens with two attached hydrogens (primary N) is 1. The molecule has 0 spiro atoms. The Hall–Kier alpha value is -2.80. The topological polar surface area (TPSA) is 73.1 Å². The molecule has 21 heavy (non-hydrogen) atoms. The summed E-state index contributed by atoms with van der Waals surface area (Å²) >= 11 is 0. The fourth-order valence-electron chi connectivity index (χ4n) is 1.86. The van der Waals surface area contributed by atoms with Crippen LogP contribution in [0.2, 0.25) is 0 Å². The van der Waals surface area contributed by atoms with E-state index in [1.165, 1.54) is 12.1 Å². The zero-order chi connectivity index (χ0) is 14.8. The van der Waals surface area contributed by atoms with Gasteiger partial charge in [-0.05, 0) is 24.3 Å². The van der Waals surface area contributed by atoms with E-state index in [2.05, 4.69) is 15.4 Å². The minimum absolute atomic E-state index is 0.0815. The molecule has 5 nitrogen and oxygen atoms in total. The molecule has 7 heteroatoms. The van der Waals surface area contributed by atoms with Crippen molar-refractivity contribution >= 4 is 16.9 Å². The summed E-state index contributed by atoms with van der Waals surface area (Å²) in [5.74, 6) is 3.15. The van der Waals surface area contributed by atoms with Crippen LogP contribution in [0.1, 0.15) is 0 Å². The fraction of sp³-hybridized carbons (Fsp3) is 0. The molecule has 3 N–H and O–H groups in total. The van der Waals surface area contributed by atoms with Crippen LogP contribution >= 0.6 is 0 Å². The summed E-state index contributed by atoms with van der Waals surface area (Å²) in [6, 6.07) is 10.6. The average molecular weight is 288 g/mol. The van der Waals surface area contributed by atoms with Gasteiger partial charge in [-0.2, -0.15) is 9.37 Å². The smallest absolute Gasteiger partial charge is 0.241 e. The number of ether oxygens (including phenoxy) is 1. The molecule has 3 aromatic rings. The minimum atomic E-state index is -1.08. The standard InChI is InChI=1S/C14H10F2N4O/c15-9-5-3-7-11(12(9)16)21-13-8-4-1-2-6-10(8)18-14(19-13)20-17/h1-7H,17H2,(H,18,19,20). The number of aromatic nitrogens is 2. The Bertz CT molecular complexity index is 810. The van der Waals surface area contributed by atoms with Gasteiger partial charge in [0.2, 0.25) is 17.6 Å². The van der Waals surface area contributed by atoms with Crippen LogP contribution in [-0.2, 0) is 0 Å². The van der Waals surface area contributed by atoms with E-state index in [1.54, 1.807) is 24.3 Å². The van der Waals surface area contributed by atoms with Crippen molar-refractivity contribution in [1.82, 2.24) is 9.97 Å². The Balaban J connectivity index is 2.13. The highest BCUT2D eigenvalue weighted by molar-refractivity contribution is 5.84. The van der Waals surface area contributed by atoms with Gasteiger partial charge in [-0.1, -0.05) is 18.2 Å². The van der Waals surface area contributed by atoms with Gasteiger partial charge in [0.15, 0.2) is 11.6 Å². The number of fused-ring (bicyclic) bond motifs is 1. The quantitative estimate of drug-likeness (QED) is 0.572. The first-order valence-corrected chi connectivity index (χ1v) is 6.04. The molecule has 0 radical (unpaired) electrons. The zero-order valence-corrected chi connectivity index (χ0v) is 10.7. The Morgan fingerprint density at radius 3 is 2.62 bits per heavy atom. The van der Waals surface area contributed by atoms with Crippen LogP contribution in [0.3, 0.4) is 0 Å². The SMILES string of the molecule is NNc1nc(Oc2cccc(F)c2F)c2ccccc2n1. The van der Waals surface area contributed by atoms with Crippen molar-refractivity contribution in [3.8, 4) is 11.6 Å². The van der Waals surface area contributed by atoms with Gasteiger partial charge >= 0.3 is 0 Å². The number of halogens is 2. The molecule has 0 fully saturated rings. The van der Waals surface area contributed by atoms with E-state index >= 15 is 0 Å². The molecule has 106 valence electrons. The normalized spacial score (nSPS) is 10.6. The zero-order valence-electron chi connectivity index (χ0n) is 10.7. The molecule has 0 bridgehead atoms. The Labute approximate surface area is 118 Å². The lowest BCUT2D eigenvalue weighted by Gasteiger charge is -2.10. The molecule has 0 atom stereocenters. The van der Waals surface area contributed by atoms with Crippen LogP contribution in [0.5, 0.6) is 11.6 Å². The molecule has 0 amide bonds. The number of nitrogens with zero attached hydrogens (tertiary/aromatic N) is 2. The summed E-state index contributed by atoms with van der Waals surface area (Å²) in [4.78, 5) is 8.17. The second-order valence-corrected chi connectivity index (χ2v) is 4.17. The Morgan fingerprint density at radius 2 is 1.81 bits per heavy atom. The summed E-state index contributed by atoms with van der Waals surface area (Å²) in [5, 5.41) is 0.556. The summed E-state index contributed by atoms with van der Waals surface area (Å²) < 4.78 is 32.3. The minimum Gasteiger partial charge on any atom is -0.435 e. The van der Waals surface area contributed by atoms with E-state index in [-0.39, 0.29) is 17.6 Å².